The molecule has 2 fully saturated rings. The molecule has 3 rings (SSSR count). The average Bonchev–Trinajstić information content (AvgIpc) is 3.24. The van der Waals surface area contributed by atoms with Crippen molar-refractivity contribution < 1.29 is 27.4 Å². The van der Waals surface area contributed by atoms with E-state index in [1.54, 1.807) is 11.0 Å². The lowest BCUT2D eigenvalue weighted by Gasteiger charge is -2.41. The van der Waals surface area contributed by atoms with E-state index in [4.69, 9.17) is 14.2 Å². The lowest BCUT2D eigenvalue weighted by Crippen LogP contribution is -2.59. The van der Waals surface area contributed by atoms with Crippen LogP contribution in [0, 0.1) is 0 Å². The minimum absolute atomic E-state index is 0.0408. The predicted molar refractivity (Wildman–Crippen MR) is 136 cm³/mol. The smallest absolute Gasteiger partial charge is 0.410 e. The monoisotopic (exact) mass is 508 g/mol. The van der Waals surface area contributed by atoms with E-state index < -0.39 is 33.8 Å². The van der Waals surface area contributed by atoms with Crippen LogP contribution in [0.15, 0.2) is 36.9 Å². The van der Waals surface area contributed by atoms with Gasteiger partial charge in [0.1, 0.15) is 18.0 Å². The zero-order valence-corrected chi connectivity index (χ0v) is 22.2. The lowest BCUT2D eigenvalue weighted by atomic mass is 9.97. The molecule has 1 aromatic rings. The van der Waals surface area contributed by atoms with E-state index in [9.17, 15) is 13.2 Å². The summed E-state index contributed by atoms with van der Waals surface area (Å²) in [6, 6.07) is 7.30. The van der Waals surface area contributed by atoms with Crippen molar-refractivity contribution in [1.29, 1.82) is 0 Å². The highest BCUT2D eigenvalue weighted by molar-refractivity contribution is 7.88. The summed E-state index contributed by atoms with van der Waals surface area (Å²) in [4.78, 5) is 14.6. The molecule has 1 aliphatic carbocycles. The van der Waals surface area contributed by atoms with Crippen LogP contribution in [0.25, 0.3) is 0 Å². The van der Waals surface area contributed by atoms with Gasteiger partial charge in [0.05, 0.1) is 25.0 Å². The lowest BCUT2D eigenvalue weighted by molar-refractivity contribution is -0.0292. The SMILES string of the molecule is C=CCOc1cccc(C2CC[C@@H](OC[C@H]3[C@@H](NS(C)(=O)=O)CCCN3C(=O)OC(C)(C)C)C2)c1. The predicted octanol–water partition coefficient (Wildman–Crippen LogP) is 4.22. The van der Waals surface area contributed by atoms with Crippen molar-refractivity contribution in [1.82, 2.24) is 9.62 Å². The van der Waals surface area contributed by atoms with E-state index >= 15 is 0 Å². The first kappa shape index (κ1) is 27.5. The number of hydrogen-bond donors (Lipinski definition) is 1. The Morgan fingerprint density at radius 2 is 2.03 bits per heavy atom. The Labute approximate surface area is 210 Å². The standard InChI is InChI=1S/C26H40N2O6S/c1-6-15-32-21-10-7-9-19(16-21)20-12-13-22(17-20)33-18-24-23(27-35(5,30)31)11-8-14-28(24)25(29)34-26(2,3)4/h6-7,9-10,16,20,22-24,27H,1,8,11-15,17-18H2,2-5H3/t20?,22-,23+,24+/m1/s1. The first-order valence-corrected chi connectivity index (χ1v) is 14.3. The number of carbonyl (C=O) groups excluding carboxylic acids is 1. The molecule has 8 nitrogen and oxygen atoms in total. The molecule has 1 unspecified atom stereocenters. The molecule has 0 aromatic heterocycles. The van der Waals surface area contributed by atoms with Crippen LogP contribution in [0.2, 0.25) is 0 Å². The maximum Gasteiger partial charge on any atom is 0.410 e. The zero-order valence-electron chi connectivity index (χ0n) is 21.4. The topological polar surface area (TPSA) is 94.2 Å². The second-order valence-electron chi connectivity index (χ2n) is 10.5. The van der Waals surface area contributed by atoms with E-state index in [-0.39, 0.29) is 12.7 Å². The highest BCUT2D eigenvalue weighted by Crippen LogP contribution is 2.37. The van der Waals surface area contributed by atoms with Gasteiger partial charge in [0.15, 0.2) is 0 Å². The minimum atomic E-state index is -3.44. The van der Waals surface area contributed by atoms with Gasteiger partial charge in [-0.2, -0.15) is 0 Å². The first-order chi connectivity index (χ1) is 16.4. The molecule has 196 valence electrons. The van der Waals surface area contributed by atoms with Crippen molar-refractivity contribution in [2.24, 2.45) is 0 Å². The molecule has 1 saturated heterocycles. The molecule has 2 aliphatic rings. The van der Waals surface area contributed by atoms with Gasteiger partial charge < -0.3 is 19.1 Å². The molecule has 0 radical (unpaired) electrons. The van der Waals surface area contributed by atoms with Crippen LogP contribution in [0.5, 0.6) is 5.75 Å². The van der Waals surface area contributed by atoms with Gasteiger partial charge in [-0.15, -0.1) is 0 Å². The summed E-state index contributed by atoms with van der Waals surface area (Å²) in [7, 11) is -3.44. The molecule has 1 saturated carbocycles. The van der Waals surface area contributed by atoms with Gasteiger partial charge in [-0.25, -0.2) is 17.9 Å². The summed E-state index contributed by atoms with van der Waals surface area (Å²) in [5.41, 5.74) is 0.588. The van der Waals surface area contributed by atoms with Crippen LogP contribution >= 0.6 is 0 Å². The molecule has 4 atom stereocenters. The van der Waals surface area contributed by atoms with Gasteiger partial charge in [-0.3, -0.25) is 0 Å². The number of rotatable bonds is 9. The fraction of sp³-hybridized carbons (Fsp3) is 0.654. The Bertz CT molecular complexity index is 974. The molecule has 1 amide bonds. The number of likely N-dealkylation sites (tertiary alicyclic amines) is 1. The van der Waals surface area contributed by atoms with Crippen LogP contribution < -0.4 is 9.46 Å². The van der Waals surface area contributed by atoms with Crippen LogP contribution in [0.1, 0.15) is 64.4 Å². The minimum Gasteiger partial charge on any atom is -0.490 e. The molecule has 0 spiro atoms. The molecular weight excluding hydrogens is 468 g/mol. The number of ether oxygens (including phenoxy) is 3. The fourth-order valence-corrected chi connectivity index (χ4v) is 5.69. The summed E-state index contributed by atoms with van der Waals surface area (Å²) in [5.74, 6) is 1.20. The molecular formula is C26H40N2O6S. The third-order valence-corrected chi connectivity index (χ3v) is 7.09. The van der Waals surface area contributed by atoms with Crippen molar-refractivity contribution in [2.45, 2.75) is 82.6 Å². The number of nitrogens with zero attached hydrogens (tertiary/aromatic N) is 1. The third kappa shape index (κ3) is 8.51. The number of benzene rings is 1. The number of nitrogens with one attached hydrogen (secondary N) is 1. The van der Waals surface area contributed by atoms with Crippen molar-refractivity contribution >= 4 is 16.1 Å². The van der Waals surface area contributed by atoms with E-state index in [0.29, 0.717) is 31.9 Å². The Kier molecular flexibility index (Phi) is 9.23. The Morgan fingerprint density at radius 3 is 2.71 bits per heavy atom. The van der Waals surface area contributed by atoms with Crippen molar-refractivity contribution in [3.8, 4) is 5.75 Å². The molecule has 1 aliphatic heterocycles. The second-order valence-corrected chi connectivity index (χ2v) is 12.3. The second kappa shape index (κ2) is 11.8. The highest BCUT2D eigenvalue weighted by atomic mass is 32.2. The molecule has 1 N–H and O–H groups in total. The molecule has 1 heterocycles. The quantitative estimate of drug-likeness (QED) is 0.502. The summed E-state index contributed by atoms with van der Waals surface area (Å²) >= 11 is 0. The van der Waals surface area contributed by atoms with E-state index in [2.05, 4.69) is 23.4 Å². The maximum atomic E-state index is 12.9. The summed E-state index contributed by atoms with van der Waals surface area (Å²) in [6.45, 7) is 10.4. The van der Waals surface area contributed by atoms with Crippen molar-refractivity contribution in [3.63, 3.8) is 0 Å². The maximum absolute atomic E-state index is 12.9. The summed E-state index contributed by atoms with van der Waals surface area (Å²) in [6.07, 6.45) is 6.59. The number of piperidine rings is 1. The Balaban J connectivity index is 1.66. The third-order valence-electron chi connectivity index (χ3n) is 6.36. The Hall–Kier alpha value is -2.10. The normalized spacial score (nSPS) is 25.3. The summed E-state index contributed by atoms with van der Waals surface area (Å²) < 4.78 is 44.3. The average molecular weight is 509 g/mol. The van der Waals surface area contributed by atoms with E-state index in [1.165, 1.54) is 5.56 Å². The number of amides is 1. The summed E-state index contributed by atoms with van der Waals surface area (Å²) in [5, 5.41) is 0. The number of hydrogen-bond acceptors (Lipinski definition) is 6. The zero-order chi connectivity index (χ0) is 25.6. The molecule has 35 heavy (non-hydrogen) atoms. The number of carbonyl (C=O) groups is 1. The van der Waals surface area contributed by atoms with Gasteiger partial charge in [0.25, 0.3) is 0 Å². The first-order valence-electron chi connectivity index (χ1n) is 12.4. The van der Waals surface area contributed by atoms with Gasteiger partial charge in [-0.1, -0.05) is 24.8 Å². The number of sulfonamides is 1. The molecule has 0 bridgehead atoms. The van der Waals surface area contributed by atoms with Gasteiger partial charge in [0, 0.05) is 12.6 Å². The van der Waals surface area contributed by atoms with Crippen LogP contribution in [0.3, 0.4) is 0 Å². The van der Waals surface area contributed by atoms with Gasteiger partial charge in [-0.05, 0) is 76.5 Å². The van der Waals surface area contributed by atoms with Crippen LogP contribution in [0.4, 0.5) is 4.79 Å². The fourth-order valence-electron chi connectivity index (χ4n) is 4.87. The van der Waals surface area contributed by atoms with Gasteiger partial charge >= 0.3 is 6.09 Å². The largest absolute Gasteiger partial charge is 0.490 e. The van der Waals surface area contributed by atoms with Crippen LogP contribution in [-0.4, -0.2) is 69.2 Å². The van der Waals surface area contributed by atoms with E-state index in [0.717, 1.165) is 31.3 Å². The molecule has 9 heteroatoms. The van der Waals surface area contributed by atoms with Crippen LogP contribution in [-0.2, 0) is 19.5 Å². The van der Waals surface area contributed by atoms with Gasteiger partial charge in [0.2, 0.25) is 10.0 Å². The van der Waals surface area contributed by atoms with Crippen molar-refractivity contribution in [3.05, 3.63) is 42.5 Å². The Morgan fingerprint density at radius 1 is 1.26 bits per heavy atom. The molecule has 1 aromatic carbocycles. The highest BCUT2D eigenvalue weighted by Gasteiger charge is 2.39. The van der Waals surface area contributed by atoms with E-state index in [1.807, 2.05) is 32.9 Å². The van der Waals surface area contributed by atoms with Crippen molar-refractivity contribution in [2.75, 3.05) is 26.0 Å².